The molecule has 1 aliphatic heterocycles. The summed E-state index contributed by atoms with van der Waals surface area (Å²) >= 11 is 0. The zero-order valence-corrected chi connectivity index (χ0v) is 15.8. The SMILES string of the molecule is O=NNC(=O)/C=C/c1ccc(Cc2nc3ccc(N4CCOCC4)cc3[nH]2)cc1. The molecule has 29 heavy (non-hydrogen) atoms. The lowest BCUT2D eigenvalue weighted by Crippen LogP contribution is -2.36. The van der Waals surface area contributed by atoms with E-state index >= 15 is 0 Å². The zero-order chi connectivity index (χ0) is 20.1. The molecule has 0 saturated carbocycles. The molecule has 8 nitrogen and oxygen atoms in total. The maximum absolute atomic E-state index is 11.2. The Hall–Kier alpha value is -3.52. The van der Waals surface area contributed by atoms with Gasteiger partial charge in [-0.15, -0.1) is 4.91 Å². The van der Waals surface area contributed by atoms with E-state index in [1.54, 1.807) is 6.08 Å². The van der Waals surface area contributed by atoms with E-state index in [0.717, 1.165) is 54.3 Å². The fourth-order valence-corrected chi connectivity index (χ4v) is 3.35. The van der Waals surface area contributed by atoms with Crippen molar-refractivity contribution in [2.24, 2.45) is 5.29 Å². The lowest BCUT2D eigenvalue weighted by atomic mass is 10.1. The van der Waals surface area contributed by atoms with Crippen molar-refractivity contribution in [2.75, 3.05) is 31.2 Å². The number of anilines is 1. The van der Waals surface area contributed by atoms with Gasteiger partial charge in [0.15, 0.2) is 0 Å². The van der Waals surface area contributed by atoms with Crippen LogP contribution in [-0.2, 0) is 16.0 Å². The molecule has 2 N–H and O–H groups in total. The molecular weight excluding hydrogens is 370 g/mol. The first kappa shape index (κ1) is 18.8. The van der Waals surface area contributed by atoms with E-state index in [1.807, 2.05) is 35.8 Å². The highest BCUT2D eigenvalue weighted by molar-refractivity contribution is 5.91. The van der Waals surface area contributed by atoms with E-state index in [1.165, 1.54) is 11.8 Å². The average molecular weight is 391 g/mol. The largest absolute Gasteiger partial charge is 0.378 e. The van der Waals surface area contributed by atoms with Gasteiger partial charge in [-0.1, -0.05) is 24.3 Å². The van der Waals surface area contributed by atoms with Crippen LogP contribution in [0.15, 0.2) is 53.8 Å². The molecule has 148 valence electrons. The number of nitroso groups, excluding NO2 is 1. The smallest absolute Gasteiger partial charge is 0.266 e. The van der Waals surface area contributed by atoms with Crippen LogP contribution < -0.4 is 10.3 Å². The van der Waals surface area contributed by atoms with Gasteiger partial charge in [0.05, 0.1) is 29.5 Å². The number of imidazole rings is 1. The van der Waals surface area contributed by atoms with Crippen LogP contribution in [-0.4, -0.2) is 42.2 Å². The summed E-state index contributed by atoms with van der Waals surface area (Å²) in [5.41, 5.74) is 6.94. The fraction of sp³-hybridized carbons (Fsp3) is 0.238. The highest BCUT2D eigenvalue weighted by Crippen LogP contribution is 2.22. The van der Waals surface area contributed by atoms with Crippen molar-refractivity contribution < 1.29 is 9.53 Å². The van der Waals surface area contributed by atoms with Crippen LogP contribution in [0.5, 0.6) is 0 Å². The standard InChI is InChI=1S/C21H21N5O3/c27-21(24-25-28)8-5-15-1-3-16(4-2-15)13-20-22-18-7-6-17(14-19(18)23-20)26-9-11-29-12-10-26/h1-8,14H,9-13H2,(H,22,23)(H,24,27,28)/b8-5+. The molecule has 2 heterocycles. The van der Waals surface area contributed by atoms with Crippen molar-refractivity contribution in [3.8, 4) is 0 Å². The van der Waals surface area contributed by atoms with Gasteiger partial charge in [-0.05, 0) is 35.4 Å². The van der Waals surface area contributed by atoms with Crippen molar-refractivity contribution in [1.82, 2.24) is 15.4 Å². The first-order chi connectivity index (χ1) is 14.2. The second kappa shape index (κ2) is 8.66. The molecule has 2 aromatic carbocycles. The van der Waals surface area contributed by atoms with E-state index in [4.69, 9.17) is 9.72 Å². The number of benzene rings is 2. The quantitative estimate of drug-likeness (QED) is 0.382. The molecule has 0 atom stereocenters. The third-order valence-electron chi connectivity index (χ3n) is 4.83. The summed E-state index contributed by atoms with van der Waals surface area (Å²) in [5, 5.41) is 2.34. The minimum Gasteiger partial charge on any atom is -0.378 e. The van der Waals surface area contributed by atoms with Gasteiger partial charge in [0.1, 0.15) is 5.82 Å². The third kappa shape index (κ3) is 4.67. The lowest BCUT2D eigenvalue weighted by Gasteiger charge is -2.28. The summed E-state index contributed by atoms with van der Waals surface area (Å²) in [5.74, 6) is 0.349. The minimum absolute atomic E-state index is 0.553. The Balaban J connectivity index is 1.44. The van der Waals surface area contributed by atoms with Gasteiger partial charge >= 0.3 is 0 Å². The van der Waals surface area contributed by atoms with E-state index in [2.05, 4.69) is 27.3 Å². The van der Waals surface area contributed by atoms with Gasteiger partial charge in [0, 0.05) is 31.3 Å². The van der Waals surface area contributed by atoms with Gasteiger partial charge in [0.2, 0.25) is 0 Å². The highest BCUT2D eigenvalue weighted by atomic mass is 16.5. The van der Waals surface area contributed by atoms with Gasteiger partial charge in [-0.2, -0.15) is 0 Å². The van der Waals surface area contributed by atoms with Crippen molar-refractivity contribution >= 4 is 28.7 Å². The van der Waals surface area contributed by atoms with Crippen LogP contribution >= 0.6 is 0 Å². The van der Waals surface area contributed by atoms with Crippen molar-refractivity contribution in [2.45, 2.75) is 6.42 Å². The molecule has 1 saturated heterocycles. The molecule has 0 aliphatic carbocycles. The first-order valence-electron chi connectivity index (χ1n) is 9.42. The number of carbonyl (C=O) groups is 1. The van der Waals surface area contributed by atoms with E-state index in [9.17, 15) is 9.70 Å². The number of rotatable bonds is 6. The predicted molar refractivity (Wildman–Crippen MR) is 111 cm³/mol. The number of morpholine rings is 1. The lowest BCUT2D eigenvalue weighted by molar-refractivity contribution is -0.116. The van der Waals surface area contributed by atoms with Crippen LogP contribution in [0, 0.1) is 4.91 Å². The topological polar surface area (TPSA) is 99.7 Å². The van der Waals surface area contributed by atoms with E-state index in [-0.39, 0.29) is 0 Å². The van der Waals surface area contributed by atoms with Gasteiger partial charge in [0.25, 0.3) is 5.91 Å². The second-order valence-electron chi connectivity index (χ2n) is 6.80. The maximum atomic E-state index is 11.2. The van der Waals surface area contributed by atoms with Gasteiger partial charge in [-0.3, -0.25) is 4.79 Å². The summed E-state index contributed by atoms with van der Waals surface area (Å²) in [6.45, 7) is 3.33. The molecule has 4 rings (SSSR count). The second-order valence-corrected chi connectivity index (χ2v) is 6.80. The maximum Gasteiger partial charge on any atom is 0.266 e. The molecule has 3 aromatic rings. The Morgan fingerprint density at radius 1 is 1.21 bits per heavy atom. The Morgan fingerprint density at radius 3 is 2.76 bits per heavy atom. The van der Waals surface area contributed by atoms with Crippen LogP contribution in [0.2, 0.25) is 0 Å². The first-order valence-corrected chi connectivity index (χ1v) is 9.42. The van der Waals surface area contributed by atoms with Crippen LogP contribution in [0.3, 0.4) is 0 Å². The summed E-state index contributed by atoms with van der Waals surface area (Å²) in [4.78, 5) is 31.6. The normalized spacial score (nSPS) is 14.4. The molecule has 0 spiro atoms. The molecule has 1 aliphatic rings. The summed E-state index contributed by atoms with van der Waals surface area (Å²) in [7, 11) is 0. The monoisotopic (exact) mass is 391 g/mol. The number of hydrogen-bond acceptors (Lipinski definition) is 6. The number of hydrogen-bond donors (Lipinski definition) is 2. The predicted octanol–water partition coefficient (Wildman–Crippen LogP) is 2.80. The molecular formula is C21H21N5O3. The van der Waals surface area contributed by atoms with E-state index in [0.29, 0.717) is 6.42 Å². The van der Waals surface area contributed by atoms with Crippen LogP contribution in [0.4, 0.5) is 5.69 Å². The number of aromatic amines is 1. The molecule has 0 radical (unpaired) electrons. The van der Waals surface area contributed by atoms with E-state index < -0.39 is 5.91 Å². The number of carbonyl (C=O) groups excluding carboxylic acids is 1. The van der Waals surface area contributed by atoms with Crippen molar-refractivity contribution in [3.63, 3.8) is 0 Å². The molecule has 1 amide bonds. The fourth-order valence-electron chi connectivity index (χ4n) is 3.35. The Kier molecular flexibility index (Phi) is 5.62. The van der Waals surface area contributed by atoms with Crippen molar-refractivity contribution in [3.05, 3.63) is 70.4 Å². The minimum atomic E-state index is -0.553. The zero-order valence-electron chi connectivity index (χ0n) is 15.8. The Labute approximate surface area is 167 Å². The molecule has 0 unspecified atom stereocenters. The third-order valence-corrected chi connectivity index (χ3v) is 4.83. The molecule has 1 aromatic heterocycles. The van der Waals surface area contributed by atoms with Crippen molar-refractivity contribution in [1.29, 1.82) is 0 Å². The number of ether oxygens (including phenoxy) is 1. The van der Waals surface area contributed by atoms with Crippen LogP contribution in [0.1, 0.15) is 17.0 Å². The summed E-state index contributed by atoms with van der Waals surface area (Å²) in [6, 6.07) is 14.1. The number of nitrogens with one attached hydrogen (secondary N) is 2. The van der Waals surface area contributed by atoms with Gasteiger partial charge < -0.3 is 14.6 Å². The molecule has 8 heteroatoms. The number of fused-ring (bicyclic) bond motifs is 1. The number of amides is 1. The molecule has 1 fully saturated rings. The number of H-pyrrole nitrogens is 1. The van der Waals surface area contributed by atoms with Crippen LogP contribution in [0.25, 0.3) is 17.1 Å². The molecule has 0 bridgehead atoms. The summed E-state index contributed by atoms with van der Waals surface area (Å²) < 4.78 is 5.42. The average Bonchev–Trinajstić information content (AvgIpc) is 3.15. The Morgan fingerprint density at radius 2 is 2.00 bits per heavy atom. The van der Waals surface area contributed by atoms with Gasteiger partial charge in [-0.25, -0.2) is 10.4 Å². The number of nitrogens with zero attached hydrogens (tertiary/aromatic N) is 3. The summed E-state index contributed by atoms with van der Waals surface area (Å²) in [6.07, 6.45) is 3.57. The Bertz CT molecular complexity index is 1040. The highest BCUT2D eigenvalue weighted by Gasteiger charge is 2.12. The number of aromatic nitrogens is 2.